The molecule has 0 saturated carbocycles. The van der Waals surface area contributed by atoms with Crippen molar-refractivity contribution < 1.29 is 9.53 Å². The molecule has 5 N–H and O–H groups in total. The molecule has 0 spiro atoms. The molecule has 110 valence electrons. The Bertz CT molecular complexity index is 624. The van der Waals surface area contributed by atoms with Crippen LogP contribution in [-0.2, 0) is 0 Å². The third-order valence-corrected chi connectivity index (χ3v) is 2.92. The predicted octanol–water partition coefficient (Wildman–Crippen LogP) is 2.90. The molecule has 21 heavy (non-hydrogen) atoms. The number of carbonyl (C=O) groups excluding carboxylic acids is 1. The van der Waals surface area contributed by atoms with Crippen molar-refractivity contribution in [3.05, 3.63) is 48.0 Å². The minimum atomic E-state index is -0.521. The standard InChI is InChI=1S/C16H19N3O2/c1-2-9-21-13-6-4-12(5-7-13)19-15-8-3-11(17)10-14(15)16(18)20/h3-8,10,19H,2,9,17H2,1H3,(H2,18,20). The number of ether oxygens (including phenoxy) is 1. The van der Waals surface area contributed by atoms with E-state index in [4.69, 9.17) is 16.2 Å². The summed E-state index contributed by atoms with van der Waals surface area (Å²) >= 11 is 0. The van der Waals surface area contributed by atoms with Gasteiger partial charge in [-0.3, -0.25) is 4.79 Å². The molecule has 0 aliphatic rings. The summed E-state index contributed by atoms with van der Waals surface area (Å²) in [5, 5.41) is 3.15. The number of hydrogen-bond acceptors (Lipinski definition) is 4. The fourth-order valence-corrected chi connectivity index (χ4v) is 1.88. The van der Waals surface area contributed by atoms with Crippen molar-refractivity contribution in [1.82, 2.24) is 0 Å². The Labute approximate surface area is 123 Å². The summed E-state index contributed by atoms with van der Waals surface area (Å²) in [6.45, 7) is 2.75. The number of nitrogens with two attached hydrogens (primary N) is 2. The van der Waals surface area contributed by atoms with Crippen LogP contribution in [0.3, 0.4) is 0 Å². The third-order valence-electron chi connectivity index (χ3n) is 2.92. The minimum Gasteiger partial charge on any atom is -0.494 e. The fourth-order valence-electron chi connectivity index (χ4n) is 1.88. The molecule has 0 heterocycles. The van der Waals surface area contributed by atoms with Crippen molar-refractivity contribution in [1.29, 1.82) is 0 Å². The second-order valence-corrected chi connectivity index (χ2v) is 4.67. The lowest BCUT2D eigenvalue weighted by Crippen LogP contribution is -2.13. The Morgan fingerprint density at radius 3 is 2.52 bits per heavy atom. The highest BCUT2D eigenvalue weighted by atomic mass is 16.5. The zero-order valence-electron chi connectivity index (χ0n) is 11.9. The molecular weight excluding hydrogens is 266 g/mol. The maximum atomic E-state index is 11.4. The number of anilines is 3. The highest BCUT2D eigenvalue weighted by Gasteiger charge is 2.09. The number of nitrogen functional groups attached to an aromatic ring is 1. The van der Waals surface area contributed by atoms with Crippen LogP contribution in [0.15, 0.2) is 42.5 Å². The van der Waals surface area contributed by atoms with E-state index in [9.17, 15) is 4.79 Å². The Balaban J connectivity index is 2.16. The van der Waals surface area contributed by atoms with Gasteiger partial charge >= 0.3 is 0 Å². The molecule has 2 aromatic rings. The largest absolute Gasteiger partial charge is 0.494 e. The van der Waals surface area contributed by atoms with Crippen LogP contribution >= 0.6 is 0 Å². The number of benzene rings is 2. The van der Waals surface area contributed by atoms with Gasteiger partial charge in [-0.25, -0.2) is 0 Å². The molecule has 1 amide bonds. The normalized spacial score (nSPS) is 10.1. The summed E-state index contributed by atoms with van der Waals surface area (Å²) in [7, 11) is 0. The summed E-state index contributed by atoms with van der Waals surface area (Å²) in [4.78, 5) is 11.4. The molecule has 2 aromatic carbocycles. The first-order valence-electron chi connectivity index (χ1n) is 6.79. The lowest BCUT2D eigenvalue weighted by molar-refractivity contribution is 0.100. The Hall–Kier alpha value is -2.69. The summed E-state index contributed by atoms with van der Waals surface area (Å²) in [6.07, 6.45) is 0.966. The van der Waals surface area contributed by atoms with Gasteiger partial charge in [-0.1, -0.05) is 6.92 Å². The zero-order chi connectivity index (χ0) is 15.2. The van der Waals surface area contributed by atoms with Crippen LogP contribution in [0.1, 0.15) is 23.7 Å². The van der Waals surface area contributed by atoms with Crippen LogP contribution < -0.4 is 21.5 Å². The number of carbonyl (C=O) groups is 1. The average Bonchev–Trinajstić information content (AvgIpc) is 2.48. The van der Waals surface area contributed by atoms with Crippen LogP contribution in [0.5, 0.6) is 5.75 Å². The van der Waals surface area contributed by atoms with Gasteiger partial charge in [0.1, 0.15) is 5.75 Å². The van der Waals surface area contributed by atoms with Crippen LogP contribution in [-0.4, -0.2) is 12.5 Å². The molecule has 0 radical (unpaired) electrons. The molecule has 0 unspecified atom stereocenters. The Morgan fingerprint density at radius 1 is 1.19 bits per heavy atom. The highest BCUT2D eigenvalue weighted by molar-refractivity contribution is 6.00. The number of hydrogen-bond donors (Lipinski definition) is 3. The van der Waals surface area contributed by atoms with E-state index >= 15 is 0 Å². The topological polar surface area (TPSA) is 90.4 Å². The van der Waals surface area contributed by atoms with Gasteiger partial charge in [0.05, 0.1) is 17.9 Å². The summed E-state index contributed by atoms with van der Waals surface area (Å²) < 4.78 is 5.52. The first-order valence-corrected chi connectivity index (χ1v) is 6.79. The molecule has 0 saturated heterocycles. The van der Waals surface area contributed by atoms with E-state index in [1.54, 1.807) is 18.2 Å². The van der Waals surface area contributed by atoms with Crippen molar-refractivity contribution >= 4 is 23.0 Å². The van der Waals surface area contributed by atoms with Gasteiger partial charge in [-0.15, -0.1) is 0 Å². The van der Waals surface area contributed by atoms with Crippen molar-refractivity contribution in [2.24, 2.45) is 5.73 Å². The lowest BCUT2D eigenvalue weighted by Gasteiger charge is -2.11. The van der Waals surface area contributed by atoms with Gasteiger partial charge in [0.15, 0.2) is 0 Å². The fraction of sp³-hybridized carbons (Fsp3) is 0.188. The van der Waals surface area contributed by atoms with E-state index < -0.39 is 5.91 Å². The predicted molar refractivity (Wildman–Crippen MR) is 84.9 cm³/mol. The maximum absolute atomic E-state index is 11.4. The molecule has 0 fully saturated rings. The summed E-state index contributed by atoms with van der Waals surface area (Å²) in [6, 6.07) is 12.5. The van der Waals surface area contributed by atoms with E-state index in [-0.39, 0.29) is 0 Å². The Kier molecular flexibility index (Phi) is 4.66. The molecule has 0 aliphatic carbocycles. The summed E-state index contributed by atoms with van der Waals surface area (Å²) in [5.74, 6) is 0.294. The van der Waals surface area contributed by atoms with E-state index in [2.05, 4.69) is 12.2 Å². The highest BCUT2D eigenvalue weighted by Crippen LogP contribution is 2.24. The van der Waals surface area contributed by atoms with Crippen molar-refractivity contribution in [2.45, 2.75) is 13.3 Å². The van der Waals surface area contributed by atoms with Crippen molar-refractivity contribution in [3.8, 4) is 5.75 Å². The molecule has 2 rings (SSSR count). The number of rotatable bonds is 6. The zero-order valence-corrected chi connectivity index (χ0v) is 11.9. The van der Waals surface area contributed by atoms with E-state index in [0.29, 0.717) is 23.5 Å². The van der Waals surface area contributed by atoms with E-state index in [1.807, 2.05) is 24.3 Å². The molecule has 5 heteroatoms. The van der Waals surface area contributed by atoms with Gasteiger partial charge in [-0.2, -0.15) is 0 Å². The number of amides is 1. The van der Waals surface area contributed by atoms with Gasteiger partial charge < -0.3 is 21.5 Å². The molecule has 0 atom stereocenters. The number of nitrogens with one attached hydrogen (secondary N) is 1. The van der Waals surface area contributed by atoms with Gasteiger partial charge in [0.2, 0.25) is 0 Å². The molecule has 0 aliphatic heterocycles. The second kappa shape index (κ2) is 6.65. The Morgan fingerprint density at radius 2 is 1.90 bits per heavy atom. The monoisotopic (exact) mass is 285 g/mol. The van der Waals surface area contributed by atoms with Crippen LogP contribution in [0.4, 0.5) is 17.1 Å². The molecule has 0 bridgehead atoms. The first-order chi connectivity index (χ1) is 10.1. The first kappa shape index (κ1) is 14.7. The average molecular weight is 285 g/mol. The van der Waals surface area contributed by atoms with Crippen LogP contribution in [0.25, 0.3) is 0 Å². The smallest absolute Gasteiger partial charge is 0.250 e. The second-order valence-electron chi connectivity index (χ2n) is 4.67. The van der Waals surface area contributed by atoms with Gasteiger partial charge in [0.25, 0.3) is 5.91 Å². The third kappa shape index (κ3) is 3.89. The minimum absolute atomic E-state index is 0.362. The molecule has 0 aromatic heterocycles. The lowest BCUT2D eigenvalue weighted by atomic mass is 10.1. The summed E-state index contributed by atoms with van der Waals surface area (Å²) in [5.41, 5.74) is 13.4. The van der Waals surface area contributed by atoms with Crippen molar-refractivity contribution in [3.63, 3.8) is 0 Å². The maximum Gasteiger partial charge on any atom is 0.250 e. The van der Waals surface area contributed by atoms with E-state index in [0.717, 1.165) is 17.9 Å². The van der Waals surface area contributed by atoms with Gasteiger partial charge in [-0.05, 0) is 48.9 Å². The van der Waals surface area contributed by atoms with Crippen LogP contribution in [0.2, 0.25) is 0 Å². The molecular formula is C16H19N3O2. The number of primary amides is 1. The SMILES string of the molecule is CCCOc1ccc(Nc2ccc(N)cc2C(N)=O)cc1. The van der Waals surface area contributed by atoms with Crippen molar-refractivity contribution in [2.75, 3.05) is 17.7 Å². The van der Waals surface area contributed by atoms with Gasteiger partial charge in [0, 0.05) is 11.4 Å². The molecule has 5 nitrogen and oxygen atoms in total. The quantitative estimate of drug-likeness (QED) is 0.712. The van der Waals surface area contributed by atoms with Crippen LogP contribution in [0, 0.1) is 0 Å². The van der Waals surface area contributed by atoms with E-state index in [1.165, 1.54) is 0 Å².